The number of likely N-dealkylation sites (tertiary alicyclic amines) is 1. The summed E-state index contributed by atoms with van der Waals surface area (Å²) in [6.07, 6.45) is 3.62. The molecule has 22 heavy (non-hydrogen) atoms. The summed E-state index contributed by atoms with van der Waals surface area (Å²) in [4.78, 5) is 6.96. The first-order chi connectivity index (χ1) is 10.7. The third-order valence-corrected chi connectivity index (χ3v) is 4.86. The van der Waals surface area contributed by atoms with Crippen LogP contribution in [0.25, 0.3) is 0 Å². The molecule has 0 aromatic heterocycles. The predicted molar refractivity (Wildman–Crippen MR) is 92.5 cm³/mol. The number of piperidine rings is 1. The minimum atomic E-state index is 0.421. The standard InChI is InChI=1S/C17H25ClN4/c1-22-10-3-6-14(12-21-17-19-8-4-9-20-17)16(22)13-5-2-7-15(18)11-13/h2,5,7,11,14,16H,3-4,6,8-10,12H2,1H3,(H2,19,20,21). The van der Waals surface area contributed by atoms with Gasteiger partial charge in [0.1, 0.15) is 0 Å². The summed E-state index contributed by atoms with van der Waals surface area (Å²) in [5.41, 5.74) is 1.32. The highest BCUT2D eigenvalue weighted by Gasteiger charge is 2.30. The first-order valence-electron chi connectivity index (χ1n) is 8.22. The second kappa shape index (κ2) is 7.34. The lowest BCUT2D eigenvalue weighted by Gasteiger charge is -2.40. The number of nitrogens with zero attached hydrogens (tertiary/aromatic N) is 2. The van der Waals surface area contributed by atoms with Gasteiger partial charge in [0, 0.05) is 30.7 Å². The zero-order valence-corrected chi connectivity index (χ0v) is 13.9. The van der Waals surface area contributed by atoms with E-state index in [-0.39, 0.29) is 0 Å². The fraction of sp³-hybridized carbons (Fsp3) is 0.588. The molecule has 2 aliphatic heterocycles. The zero-order valence-electron chi connectivity index (χ0n) is 13.2. The van der Waals surface area contributed by atoms with Gasteiger partial charge in [0.05, 0.1) is 0 Å². The molecule has 2 aliphatic rings. The van der Waals surface area contributed by atoms with Crippen molar-refractivity contribution in [2.75, 3.05) is 33.2 Å². The summed E-state index contributed by atoms with van der Waals surface area (Å²) in [6.45, 7) is 4.05. The molecule has 2 atom stereocenters. The molecule has 4 nitrogen and oxygen atoms in total. The lowest BCUT2D eigenvalue weighted by Crippen LogP contribution is -2.46. The quantitative estimate of drug-likeness (QED) is 0.899. The van der Waals surface area contributed by atoms with Crippen LogP contribution in [-0.4, -0.2) is 44.1 Å². The van der Waals surface area contributed by atoms with E-state index >= 15 is 0 Å². The maximum Gasteiger partial charge on any atom is 0.191 e. The van der Waals surface area contributed by atoms with Gasteiger partial charge in [-0.1, -0.05) is 23.7 Å². The van der Waals surface area contributed by atoms with Crippen molar-refractivity contribution >= 4 is 17.6 Å². The van der Waals surface area contributed by atoms with Gasteiger partial charge in [0.15, 0.2) is 5.96 Å². The predicted octanol–water partition coefficient (Wildman–Crippen LogP) is 2.66. The number of halogens is 1. The third-order valence-electron chi connectivity index (χ3n) is 4.63. The monoisotopic (exact) mass is 320 g/mol. The van der Waals surface area contributed by atoms with Crippen molar-refractivity contribution in [2.24, 2.45) is 10.9 Å². The normalized spacial score (nSPS) is 26.2. The number of benzene rings is 1. The maximum atomic E-state index is 6.20. The van der Waals surface area contributed by atoms with Crippen molar-refractivity contribution in [2.45, 2.75) is 25.3 Å². The van der Waals surface area contributed by atoms with Crippen LogP contribution in [0, 0.1) is 5.92 Å². The van der Waals surface area contributed by atoms with E-state index in [2.05, 4.69) is 45.8 Å². The van der Waals surface area contributed by atoms with Gasteiger partial charge in [0.25, 0.3) is 0 Å². The smallest absolute Gasteiger partial charge is 0.191 e. The zero-order chi connectivity index (χ0) is 15.4. The topological polar surface area (TPSA) is 39.7 Å². The molecule has 2 unspecified atom stereocenters. The van der Waals surface area contributed by atoms with E-state index in [9.17, 15) is 0 Å². The Labute approximate surface area is 137 Å². The average molecular weight is 321 g/mol. The summed E-state index contributed by atoms with van der Waals surface area (Å²) in [5, 5.41) is 7.66. The molecule has 2 heterocycles. The minimum Gasteiger partial charge on any atom is -0.356 e. The van der Waals surface area contributed by atoms with Crippen LogP contribution in [-0.2, 0) is 0 Å². The molecule has 0 radical (unpaired) electrons. The van der Waals surface area contributed by atoms with Crippen LogP contribution in [0.15, 0.2) is 29.3 Å². The molecule has 120 valence electrons. The second-order valence-corrected chi connectivity index (χ2v) is 6.71. The van der Waals surface area contributed by atoms with Crippen molar-refractivity contribution in [3.8, 4) is 0 Å². The largest absolute Gasteiger partial charge is 0.356 e. The van der Waals surface area contributed by atoms with Crippen LogP contribution < -0.4 is 10.6 Å². The third kappa shape index (κ3) is 3.73. The summed E-state index contributed by atoms with van der Waals surface area (Å²) < 4.78 is 0. The molecule has 1 aromatic carbocycles. The van der Waals surface area contributed by atoms with Crippen molar-refractivity contribution in [3.05, 3.63) is 34.9 Å². The Morgan fingerprint density at radius 3 is 3.09 bits per heavy atom. The summed E-state index contributed by atoms with van der Waals surface area (Å²) in [5.74, 6) is 1.54. The van der Waals surface area contributed by atoms with Crippen molar-refractivity contribution in [1.29, 1.82) is 0 Å². The fourth-order valence-electron chi connectivity index (χ4n) is 3.57. The first kappa shape index (κ1) is 15.6. The Morgan fingerprint density at radius 2 is 2.32 bits per heavy atom. The van der Waals surface area contributed by atoms with Crippen molar-refractivity contribution in [1.82, 2.24) is 15.5 Å². The van der Waals surface area contributed by atoms with E-state index < -0.39 is 0 Å². The van der Waals surface area contributed by atoms with Crippen LogP contribution in [0.2, 0.25) is 5.02 Å². The number of hydrogen-bond acceptors (Lipinski definition) is 4. The number of aliphatic imine (C=N–C) groups is 1. The summed E-state index contributed by atoms with van der Waals surface area (Å²) in [6, 6.07) is 8.72. The number of guanidine groups is 1. The Kier molecular flexibility index (Phi) is 5.21. The minimum absolute atomic E-state index is 0.421. The molecule has 0 bridgehead atoms. The highest BCUT2D eigenvalue weighted by atomic mass is 35.5. The molecule has 1 aromatic rings. The van der Waals surface area contributed by atoms with E-state index in [0.717, 1.165) is 43.6 Å². The summed E-state index contributed by atoms with van der Waals surface area (Å²) >= 11 is 6.20. The van der Waals surface area contributed by atoms with Crippen molar-refractivity contribution in [3.63, 3.8) is 0 Å². The van der Waals surface area contributed by atoms with Gasteiger partial charge in [-0.2, -0.15) is 0 Å². The van der Waals surface area contributed by atoms with E-state index in [1.807, 2.05) is 6.07 Å². The molecule has 0 amide bonds. The van der Waals surface area contributed by atoms with Crippen LogP contribution in [0.4, 0.5) is 0 Å². The molecule has 5 heteroatoms. The van der Waals surface area contributed by atoms with Crippen LogP contribution >= 0.6 is 11.6 Å². The van der Waals surface area contributed by atoms with E-state index in [1.54, 1.807) is 0 Å². The van der Waals surface area contributed by atoms with Gasteiger partial charge in [-0.25, -0.2) is 0 Å². The molecule has 2 N–H and O–H groups in total. The lowest BCUT2D eigenvalue weighted by molar-refractivity contribution is 0.122. The Hall–Kier alpha value is -1.26. The Balaban J connectivity index is 1.71. The van der Waals surface area contributed by atoms with Crippen molar-refractivity contribution < 1.29 is 0 Å². The molecule has 0 spiro atoms. The fourth-order valence-corrected chi connectivity index (χ4v) is 3.77. The average Bonchev–Trinajstić information content (AvgIpc) is 2.54. The molecule has 1 saturated heterocycles. The molecule has 1 fully saturated rings. The molecular formula is C17H25ClN4. The number of hydrogen-bond donors (Lipinski definition) is 2. The Bertz CT molecular complexity index is 531. The van der Waals surface area contributed by atoms with Crippen LogP contribution in [0.3, 0.4) is 0 Å². The highest BCUT2D eigenvalue weighted by Crippen LogP contribution is 2.35. The molecule has 3 rings (SSSR count). The number of nitrogens with one attached hydrogen (secondary N) is 2. The van der Waals surface area contributed by atoms with Gasteiger partial charge >= 0.3 is 0 Å². The SMILES string of the molecule is CN1CCCC(CNC2=NCCCN2)C1c1cccc(Cl)c1. The molecule has 0 aliphatic carbocycles. The first-order valence-corrected chi connectivity index (χ1v) is 8.60. The maximum absolute atomic E-state index is 6.20. The van der Waals surface area contributed by atoms with Crippen LogP contribution in [0.5, 0.6) is 0 Å². The lowest BCUT2D eigenvalue weighted by atomic mass is 9.85. The Morgan fingerprint density at radius 1 is 1.41 bits per heavy atom. The molecular weight excluding hydrogens is 296 g/mol. The number of rotatable bonds is 3. The van der Waals surface area contributed by atoms with Crippen LogP contribution in [0.1, 0.15) is 30.9 Å². The van der Waals surface area contributed by atoms with E-state index in [4.69, 9.17) is 11.6 Å². The van der Waals surface area contributed by atoms with E-state index in [0.29, 0.717) is 12.0 Å². The van der Waals surface area contributed by atoms with Gasteiger partial charge in [-0.15, -0.1) is 0 Å². The second-order valence-electron chi connectivity index (χ2n) is 6.27. The van der Waals surface area contributed by atoms with E-state index in [1.165, 1.54) is 18.4 Å². The van der Waals surface area contributed by atoms with Gasteiger partial charge in [0.2, 0.25) is 0 Å². The summed E-state index contributed by atoms with van der Waals surface area (Å²) in [7, 11) is 2.22. The van der Waals surface area contributed by atoms with Gasteiger partial charge in [-0.3, -0.25) is 9.89 Å². The molecule has 0 saturated carbocycles. The van der Waals surface area contributed by atoms with Gasteiger partial charge < -0.3 is 10.6 Å². The highest BCUT2D eigenvalue weighted by molar-refractivity contribution is 6.30. The van der Waals surface area contributed by atoms with Gasteiger partial charge in [-0.05, 0) is 56.5 Å².